The van der Waals surface area contributed by atoms with E-state index < -0.39 is 5.97 Å². The Labute approximate surface area is 184 Å². The summed E-state index contributed by atoms with van der Waals surface area (Å²) in [7, 11) is 0. The zero-order valence-electron chi connectivity index (χ0n) is 17.6. The number of allylic oxidation sites excluding steroid dienone is 3. The zero-order valence-corrected chi connectivity index (χ0v) is 17.6. The Hall–Kier alpha value is -4.62. The van der Waals surface area contributed by atoms with Crippen LogP contribution in [0.4, 0.5) is 5.82 Å². The summed E-state index contributed by atoms with van der Waals surface area (Å²) in [6.45, 7) is 5.34. The number of carboxylic acid groups (broad SMARTS) is 1. The fraction of sp³-hybridized carbons (Fsp3) is 0.120. The molecule has 1 aliphatic rings. The van der Waals surface area contributed by atoms with Crippen LogP contribution in [0.2, 0.25) is 0 Å². The van der Waals surface area contributed by atoms with Crippen LogP contribution in [-0.2, 0) is 0 Å². The summed E-state index contributed by atoms with van der Waals surface area (Å²) in [5, 5.41) is 28.5. The highest BCUT2D eigenvalue weighted by molar-refractivity contribution is 6.08. The molecule has 1 aromatic carbocycles. The largest absolute Gasteiger partial charge is 0.478 e. The molecule has 0 unspecified atom stereocenters. The lowest BCUT2D eigenvalue weighted by Crippen LogP contribution is -2.03. The van der Waals surface area contributed by atoms with Crippen molar-refractivity contribution in [2.24, 2.45) is 0 Å². The fourth-order valence-electron chi connectivity index (χ4n) is 4.05. The number of furan rings is 1. The normalized spacial score (nSPS) is 13.7. The number of nitriles is 2. The van der Waals surface area contributed by atoms with E-state index in [0.29, 0.717) is 45.0 Å². The van der Waals surface area contributed by atoms with E-state index in [-0.39, 0.29) is 16.9 Å². The smallest absolute Gasteiger partial charge is 0.335 e. The molecule has 0 saturated heterocycles. The van der Waals surface area contributed by atoms with Gasteiger partial charge in [0, 0.05) is 11.1 Å². The van der Waals surface area contributed by atoms with Crippen LogP contribution in [0.1, 0.15) is 51.0 Å². The average molecular weight is 422 g/mol. The van der Waals surface area contributed by atoms with Crippen molar-refractivity contribution in [1.82, 2.24) is 4.98 Å². The molecule has 156 valence electrons. The molecule has 7 nitrogen and oxygen atoms in total. The van der Waals surface area contributed by atoms with Crippen molar-refractivity contribution < 1.29 is 14.3 Å². The number of benzene rings is 1. The van der Waals surface area contributed by atoms with Gasteiger partial charge in [0.15, 0.2) is 0 Å². The molecule has 2 heterocycles. The molecule has 2 aromatic heterocycles. The minimum Gasteiger partial charge on any atom is -0.478 e. The number of carbonyl (C=O) groups is 1. The van der Waals surface area contributed by atoms with Gasteiger partial charge in [-0.05, 0) is 67.3 Å². The van der Waals surface area contributed by atoms with E-state index in [9.17, 15) is 20.4 Å². The maximum absolute atomic E-state index is 11.5. The second-order valence-electron chi connectivity index (χ2n) is 7.49. The first-order chi connectivity index (χ1) is 15.3. The highest BCUT2D eigenvalue weighted by Gasteiger charge is 2.30. The molecule has 0 fully saturated rings. The summed E-state index contributed by atoms with van der Waals surface area (Å²) >= 11 is 0. The average Bonchev–Trinajstić information content (AvgIpc) is 3.31. The second-order valence-corrected chi connectivity index (χ2v) is 7.49. The standard InChI is InChI=1S/C25H18N4O3/c1-12-16(5-4-6-17(12)25(30)31)21-8-7-15(32-21)9-18-13(2)19(10-26)23-22(18)14(3)20(11-27)24(28)29-23/h4-9H,1-3H3,(H2,28,29)(H,30,31). The first kappa shape index (κ1) is 20.6. The van der Waals surface area contributed by atoms with Gasteiger partial charge in [-0.3, -0.25) is 0 Å². The fourth-order valence-corrected chi connectivity index (χ4v) is 4.05. The van der Waals surface area contributed by atoms with Crippen LogP contribution in [0.15, 0.2) is 40.3 Å². The van der Waals surface area contributed by atoms with Crippen LogP contribution in [0.5, 0.6) is 0 Å². The van der Waals surface area contributed by atoms with Crippen LogP contribution in [0.25, 0.3) is 28.5 Å². The summed E-state index contributed by atoms with van der Waals surface area (Å²) in [4.78, 5) is 15.8. The SMILES string of the molecule is CC1=C(C#N)c2nc(N)c(C#N)c(C)c2C1=Cc1ccc(-c2cccc(C(=O)O)c2C)o1. The maximum atomic E-state index is 11.5. The molecule has 0 aliphatic heterocycles. The van der Waals surface area contributed by atoms with Gasteiger partial charge >= 0.3 is 5.97 Å². The third-order valence-electron chi connectivity index (χ3n) is 5.73. The van der Waals surface area contributed by atoms with Gasteiger partial charge in [0.2, 0.25) is 0 Å². The van der Waals surface area contributed by atoms with Gasteiger partial charge in [0.05, 0.1) is 22.4 Å². The first-order valence-corrected chi connectivity index (χ1v) is 9.75. The lowest BCUT2D eigenvalue weighted by Gasteiger charge is -2.10. The summed E-state index contributed by atoms with van der Waals surface area (Å²) in [5.41, 5.74) is 11.4. The highest BCUT2D eigenvalue weighted by atomic mass is 16.4. The zero-order chi connectivity index (χ0) is 23.2. The van der Waals surface area contributed by atoms with Crippen LogP contribution in [0, 0.1) is 36.5 Å². The predicted octanol–water partition coefficient (Wildman–Crippen LogP) is 4.96. The van der Waals surface area contributed by atoms with Crippen LogP contribution >= 0.6 is 0 Å². The number of carboxylic acids is 1. The molecular weight excluding hydrogens is 404 g/mol. The van der Waals surface area contributed by atoms with E-state index >= 15 is 0 Å². The number of nitrogens with zero attached hydrogens (tertiary/aromatic N) is 3. The second kappa shape index (κ2) is 7.57. The van der Waals surface area contributed by atoms with Crippen molar-refractivity contribution in [3.05, 3.63) is 75.2 Å². The Kier molecular flexibility index (Phi) is 4.88. The molecule has 0 amide bonds. The van der Waals surface area contributed by atoms with E-state index in [1.807, 2.05) is 6.92 Å². The molecule has 4 rings (SSSR count). The molecule has 32 heavy (non-hydrogen) atoms. The Morgan fingerprint density at radius 1 is 1.12 bits per heavy atom. The van der Waals surface area contributed by atoms with E-state index in [2.05, 4.69) is 17.1 Å². The molecule has 1 aliphatic carbocycles. The van der Waals surface area contributed by atoms with Crippen molar-refractivity contribution in [3.8, 4) is 23.5 Å². The Morgan fingerprint density at radius 3 is 2.53 bits per heavy atom. The van der Waals surface area contributed by atoms with Gasteiger partial charge in [0.25, 0.3) is 0 Å². The number of nitrogen functional groups attached to an aromatic ring is 1. The molecule has 0 saturated carbocycles. The van der Waals surface area contributed by atoms with Crippen LogP contribution in [0.3, 0.4) is 0 Å². The van der Waals surface area contributed by atoms with Crippen molar-refractivity contribution in [2.45, 2.75) is 20.8 Å². The molecule has 0 spiro atoms. The molecular formula is C25H18N4O3. The summed E-state index contributed by atoms with van der Waals surface area (Å²) in [5.74, 6) is 0.151. The lowest BCUT2D eigenvalue weighted by molar-refractivity contribution is 0.0696. The van der Waals surface area contributed by atoms with Gasteiger partial charge in [-0.25, -0.2) is 9.78 Å². The quantitative estimate of drug-likeness (QED) is 0.608. The number of aromatic nitrogens is 1. The Balaban J connectivity index is 1.86. The van der Waals surface area contributed by atoms with Gasteiger partial charge in [-0.1, -0.05) is 12.1 Å². The van der Waals surface area contributed by atoms with Crippen LogP contribution in [-0.4, -0.2) is 16.1 Å². The number of rotatable bonds is 3. The summed E-state index contributed by atoms with van der Waals surface area (Å²) in [6, 6.07) is 12.8. The van der Waals surface area contributed by atoms with E-state index in [4.69, 9.17) is 10.2 Å². The molecule has 0 bridgehead atoms. The van der Waals surface area contributed by atoms with Crippen molar-refractivity contribution in [1.29, 1.82) is 10.5 Å². The number of aromatic carboxylic acids is 1. The van der Waals surface area contributed by atoms with Gasteiger partial charge in [0.1, 0.15) is 29.5 Å². The van der Waals surface area contributed by atoms with E-state index in [0.717, 1.165) is 11.1 Å². The minimum atomic E-state index is -0.999. The van der Waals surface area contributed by atoms with Gasteiger partial charge < -0.3 is 15.3 Å². The Morgan fingerprint density at radius 2 is 1.88 bits per heavy atom. The summed E-state index contributed by atoms with van der Waals surface area (Å²) < 4.78 is 6.01. The third-order valence-corrected chi connectivity index (χ3v) is 5.73. The van der Waals surface area contributed by atoms with Crippen molar-refractivity contribution in [3.63, 3.8) is 0 Å². The maximum Gasteiger partial charge on any atom is 0.335 e. The van der Waals surface area contributed by atoms with Gasteiger partial charge in [-0.2, -0.15) is 10.5 Å². The molecule has 0 atom stereocenters. The molecule has 7 heteroatoms. The lowest BCUT2D eigenvalue weighted by atomic mass is 9.96. The first-order valence-electron chi connectivity index (χ1n) is 9.75. The number of hydrogen-bond donors (Lipinski definition) is 2. The third kappa shape index (κ3) is 3.05. The summed E-state index contributed by atoms with van der Waals surface area (Å²) in [6.07, 6.45) is 1.80. The monoisotopic (exact) mass is 422 g/mol. The molecule has 3 N–H and O–H groups in total. The van der Waals surface area contributed by atoms with Gasteiger partial charge in [-0.15, -0.1) is 0 Å². The Bertz CT molecular complexity index is 1460. The highest BCUT2D eigenvalue weighted by Crippen LogP contribution is 2.44. The minimum absolute atomic E-state index is 0.0969. The topological polar surface area (TPSA) is 137 Å². The predicted molar refractivity (Wildman–Crippen MR) is 120 cm³/mol. The number of fused-ring (bicyclic) bond motifs is 1. The van der Waals surface area contributed by atoms with E-state index in [1.165, 1.54) is 0 Å². The molecule has 0 radical (unpaired) electrons. The number of hydrogen-bond acceptors (Lipinski definition) is 6. The van der Waals surface area contributed by atoms with Crippen molar-refractivity contribution in [2.75, 3.05) is 5.73 Å². The number of pyridine rings is 1. The molecule has 3 aromatic rings. The number of nitrogens with two attached hydrogens (primary N) is 1. The van der Waals surface area contributed by atoms with Crippen LogP contribution < -0.4 is 5.73 Å². The number of anilines is 1. The van der Waals surface area contributed by atoms with Crippen molar-refractivity contribution >= 4 is 29.0 Å². The van der Waals surface area contributed by atoms with E-state index in [1.54, 1.807) is 50.3 Å².